The number of halogens is 3. The van der Waals surface area contributed by atoms with Crippen LogP contribution in [0.1, 0.15) is 10.4 Å². The first-order chi connectivity index (χ1) is 12.3. The Balaban J connectivity index is 1.73. The van der Waals surface area contributed by atoms with Gasteiger partial charge in [0.05, 0.1) is 6.54 Å². The summed E-state index contributed by atoms with van der Waals surface area (Å²) in [5.74, 6) is -1.54. The summed E-state index contributed by atoms with van der Waals surface area (Å²) in [6.45, 7) is -0.0663. The second kappa shape index (κ2) is 9.04. The number of esters is 1. The van der Waals surface area contributed by atoms with Crippen LogP contribution in [-0.2, 0) is 20.9 Å². The van der Waals surface area contributed by atoms with Crippen LogP contribution in [0.15, 0.2) is 47.9 Å². The molecule has 0 spiro atoms. The van der Waals surface area contributed by atoms with Gasteiger partial charge in [-0.05, 0) is 35.2 Å². The number of benzene rings is 1. The Morgan fingerprint density at radius 2 is 1.88 bits per heavy atom. The van der Waals surface area contributed by atoms with Gasteiger partial charge in [-0.1, -0.05) is 18.2 Å². The highest BCUT2D eigenvalue weighted by molar-refractivity contribution is 7.09. The molecule has 0 atom stereocenters. The van der Waals surface area contributed by atoms with Crippen molar-refractivity contribution in [2.45, 2.75) is 12.9 Å². The zero-order chi connectivity index (χ0) is 19.0. The summed E-state index contributed by atoms with van der Waals surface area (Å²) in [5, 5.41) is 4.49. The molecule has 1 aromatic heterocycles. The Kier molecular flexibility index (Phi) is 6.79. The third kappa shape index (κ3) is 7.39. The number of thiophene rings is 1. The van der Waals surface area contributed by atoms with Crippen LogP contribution < -0.4 is 10.1 Å². The van der Waals surface area contributed by atoms with E-state index in [0.29, 0.717) is 12.1 Å². The first-order valence-corrected chi connectivity index (χ1v) is 8.19. The summed E-state index contributed by atoms with van der Waals surface area (Å²) in [6.07, 6.45) is -2.33. The number of hydrogen-bond acceptors (Lipinski definition) is 5. The minimum absolute atomic E-state index is 0.357. The Labute approximate surface area is 151 Å². The molecule has 1 heterocycles. The lowest BCUT2D eigenvalue weighted by molar-refractivity contribution is -0.274. The molecule has 1 N–H and O–H groups in total. The fourth-order valence-electron chi connectivity index (χ4n) is 1.78. The molecule has 2 rings (SSSR count). The third-order valence-corrected chi connectivity index (χ3v) is 3.79. The van der Waals surface area contributed by atoms with Crippen molar-refractivity contribution in [3.8, 4) is 5.75 Å². The van der Waals surface area contributed by atoms with Crippen molar-refractivity contribution in [1.82, 2.24) is 5.32 Å². The van der Waals surface area contributed by atoms with E-state index in [0.717, 1.165) is 23.1 Å². The first kappa shape index (κ1) is 19.5. The van der Waals surface area contributed by atoms with Crippen LogP contribution in [0.4, 0.5) is 13.2 Å². The minimum atomic E-state index is -4.76. The van der Waals surface area contributed by atoms with Gasteiger partial charge in [-0.2, -0.15) is 0 Å². The number of carbonyl (C=O) groups is 2. The zero-order valence-corrected chi connectivity index (χ0v) is 14.1. The molecule has 0 aliphatic carbocycles. The normalized spacial score (nSPS) is 11.3. The van der Waals surface area contributed by atoms with E-state index in [9.17, 15) is 22.8 Å². The molecule has 0 aliphatic rings. The van der Waals surface area contributed by atoms with Crippen molar-refractivity contribution in [1.29, 1.82) is 0 Å². The second-order valence-electron chi connectivity index (χ2n) is 4.91. The molecule has 0 unspecified atom stereocenters. The quantitative estimate of drug-likeness (QED) is 0.585. The van der Waals surface area contributed by atoms with Gasteiger partial charge >= 0.3 is 12.3 Å². The van der Waals surface area contributed by atoms with Crippen molar-refractivity contribution >= 4 is 29.3 Å². The van der Waals surface area contributed by atoms with Crippen molar-refractivity contribution < 1.29 is 32.2 Å². The Morgan fingerprint density at radius 3 is 2.50 bits per heavy atom. The van der Waals surface area contributed by atoms with Crippen LogP contribution in [0.5, 0.6) is 5.75 Å². The number of alkyl halides is 3. The van der Waals surface area contributed by atoms with Crippen molar-refractivity contribution in [2.24, 2.45) is 0 Å². The van der Waals surface area contributed by atoms with Crippen molar-refractivity contribution in [3.05, 3.63) is 58.3 Å². The summed E-state index contributed by atoms with van der Waals surface area (Å²) in [6, 6.07) is 8.66. The topological polar surface area (TPSA) is 64.6 Å². The summed E-state index contributed by atoms with van der Waals surface area (Å²) in [4.78, 5) is 24.1. The molecule has 0 fully saturated rings. The summed E-state index contributed by atoms with van der Waals surface area (Å²) in [7, 11) is 0. The van der Waals surface area contributed by atoms with Gasteiger partial charge in [-0.15, -0.1) is 24.5 Å². The lowest BCUT2D eigenvalue weighted by atomic mass is 10.2. The van der Waals surface area contributed by atoms with Gasteiger partial charge in [0.15, 0.2) is 6.61 Å². The van der Waals surface area contributed by atoms with Crippen LogP contribution in [0.3, 0.4) is 0 Å². The largest absolute Gasteiger partial charge is 0.573 e. The van der Waals surface area contributed by atoms with Crippen LogP contribution in [0.25, 0.3) is 6.08 Å². The molecule has 2 aromatic rings. The molecular weight excluding hydrogens is 371 g/mol. The van der Waals surface area contributed by atoms with Crippen LogP contribution in [0, 0.1) is 0 Å². The number of rotatable bonds is 7. The van der Waals surface area contributed by atoms with Gasteiger partial charge in [0.2, 0.25) is 0 Å². The van der Waals surface area contributed by atoms with Crippen molar-refractivity contribution in [2.75, 3.05) is 6.61 Å². The SMILES string of the molecule is O=C(COC(=O)/C=C/c1ccc(OC(F)(F)F)cc1)NCc1cccs1. The number of ether oxygens (including phenoxy) is 2. The molecular formula is C17H14F3NO4S. The summed E-state index contributed by atoms with van der Waals surface area (Å²) < 4.78 is 44.7. The molecule has 0 saturated heterocycles. The average Bonchev–Trinajstić information content (AvgIpc) is 3.09. The molecule has 9 heteroatoms. The molecule has 0 aliphatic heterocycles. The van der Waals surface area contributed by atoms with Crippen LogP contribution in [0.2, 0.25) is 0 Å². The van der Waals surface area contributed by atoms with E-state index < -0.39 is 24.8 Å². The van der Waals surface area contributed by atoms with Gasteiger partial charge in [0.1, 0.15) is 5.75 Å². The zero-order valence-electron chi connectivity index (χ0n) is 13.3. The van der Waals surface area contributed by atoms with Crippen LogP contribution >= 0.6 is 11.3 Å². The van der Waals surface area contributed by atoms with E-state index in [-0.39, 0.29) is 5.75 Å². The van der Waals surface area contributed by atoms with E-state index in [4.69, 9.17) is 4.74 Å². The highest BCUT2D eigenvalue weighted by Gasteiger charge is 2.30. The summed E-state index contributed by atoms with van der Waals surface area (Å²) in [5.41, 5.74) is 0.471. The van der Waals surface area contributed by atoms with Gasteiger partial charge in [0, 0.05) is 11.0 Å². The monoisotopic (exact) mass is 385 g/mol. The van der Waals surface area contributed by atoms with E-state index >= 15 is 0 Å². The highest BCUT2D eigenvalue weighted by atomic mass is 32.1. The third-order valence-electron chi connectivity index (χ3n) is 2.91. The fourth-order valence-corrected chi connectivity index (χ4v) is 2.42. The molecule has 0 saturated carbocycles. The van der Waals surface area contributed by atoms with Gasteiger partial charge < -0.3 is 14.8 Å². The lowest BCUT2D eigenvalue weighted by Crippen LogP contribution is -2.27. The number of carbonyl (C=O) groups excluding carboxylic acids is 2. The highest BCUT2D eigenvalue weighted by Crippen LogP contribution is 2.22. The molecule has 26 heavy (non-hydrogen) atoms. The molecule has 1 amide bonds. The van der Waals surface area contributed by atoms with Gasteiger partial charge in [-0.3, -0.25) is 4.79 Å². The van der Waals surface area contributed by atoms with E-state index in [1.165, 1.54) is 29.5 Å². The molecule has 5 nitrogen and oxygen atoms in total. The Hall–Kier alpha value is -2.81. The average molecular weight is 385 g/mol. The molecule has 0 bridgehead atoms. The van der Waals surface area contributed by atoms with Gasteiger partial charge in [0.25, 0.3) is 5.91 Å². The van der Waals surface area contributed by atoms with Crippen LogP contribution in [-0.4, -0.2) is 24.8 Å². The summed E-state index contributed by atoms with van der Waals surface area (Å²) >= 11 is 1.49. The lowest BCUT2D eigenvalue weighted by Gasteiger charge is -2.08. The maximum atomic E-state index is 12.1. The van der Waals surface area contributed by atoms with E-state index in [1.807, 2.05) is 17.5 Å². The first-order valence-electron chi connectivity index (χ1n) is 7.31. The smallest absolute Gasteiger partial charge is 0.452 e. The van der Waals surface area contributed by atoms with E-state index in [2.05, 4.69) is 10.1 Å². The standard InChI is InChI=1S/C17H14F3NO4S/c18-17(19,20)25-13-6-3-12(4-7-13)5-8-16(23)24-11-15(22)21-10-14-2-1-9-26-14/h1-9H,10-11H2,(H,21,22)/b8-5+. The second-order valence-corrected chi connectivity index (χ2v) is 5.95. The molecule has 1 aromatic carbocycles. The van der Waals surface area contributed by atoms with Crippen molar-refractivity contribution in [3.63, 3.8) is 0 Å². The molecule has 0 radical (unpaired) electrons. The van der Waals surface area contributed by atoms with Gasteiger partial charge in [-0.25, -0.2) is 4.79 Å². The molecule has 138 valence electrons. The maximum absolute atomic E-state index is 12.1. The minimum Gasteiger partial charge on any atom is -0.452 e. The predicted molar refractivity (Wildman–Crippen MR) is 89.3 cm³/mol. The number of amides is 1. The fraction of sp³-hybridized carbons (Fsp3) is 0.176. The Morgan fingerprint density at radius 1 is 1.15 bits per heavy atom. The maximum Gasteiger partial charge on any atom is 0.573 e. The number of hydrogen-bond donors (Lipinski definition) is 1. The predicted octanol–water partition coefficient (Wildman–Crippen LogP) is 3.52. The number of nitrogens with one attached hydrogen (secondary N) is 1. The van der Waals surface area contributed by atoms with E-state index in [1.54, 1.807) is 0 Å². The Bertz CT molecular complexity index is 755.